The molecule has 1 unspecified atom stereocenters. The summed E-state index contributed by atoms with van der Waals surface area (Å²) < 4.78 is 13.3. The molecule has 0 aromatic heterocycles. The van der Waals surface area contributed by atoms with Crippen LogP contribution in [0.25, 0.3) is 0 Å². The predicted molar refractivity (Wildman–Crippen MR) is 68.7 cm³/mol. The number of aliphatic hydroxyl groups is 1. The second kappa shape index (κ2) is 7.11. The Labute approximate surface area is 107 Å². The summed E-state index contributed by atoms with van der Waals surface area (Å²) in [4.78, 5) is 13.3. The van der Waals surface area contributed by atoms with Gasteiger partial charge in [0.15, 0.2) is 0 Å². The second-order valence-corrected chi connectivity index (χ2v) is 4.54. The molecule has 0 aliphatic heterocycles. The van der Waals surface area contributed by atoms with Crippen molar-refractivity contribution in [2.75, 3.05) is 13.6 Å². The number of aliphatic hydroxyl groups excluding tert-OH is 1. The number of nitrogens with zero attached hydrogens (tertiary/aromatic N) is 1. The molecule has 0 saturated heterocycles. The summed E-state index contributed by atoms with van der Waals surface area (Å²) >= 11 is 0. The SMILES string of the molecule is CC(O)CCN(C)C(=O)CCc1ccccc1F. The van der Waals surface area contributed by atoms with Crippen LogP contribution >= 0.6 is 0 Å². The van der Waals surface area contributed by atoms with E-state index in [0.717, 1.165) is 0 Å². The van der Waals surface area contributed by atoms with Crippen LogP contribution in [0.15, 0.2) is 24.3 Å². The summed E-state index contributed by atoms with van der Waals surface area (Å²) in [6, 6.07) is 6.49. The van der Waals surface area contributed by atoms with Crippen molar-refractivity contribution in [3.8, 4) is 0 Å². The van der Waals surface area contributed by atoms with Gasteiger partial charge >= 0.3 is 0 Å². The van der Waals surface area contributed by atoms with E-state index in [9.17, 15) is 9.18 Å². The van der Waals surface area contributed by atoms with E-state index in [-0.39, 0.29) is 18.1 Å². The van der Waals surface area contributed by atoms with Crippen LogP contribution in [0.1, 0.15) is 25.3 Å². The van der Waals surface area contributed by atoms with Gasteiger partial charge in [-0.2, -0.15) is 0 Å². The van der Waals surface area contributed by atoms with Gasteiger partial charge in [-0.15, -0.1) is 0 Å². The van der Waals surface area contributed by atoms with Crippen LogP contribution < -0.4 is 0 Å². The Morgan fingerprint density at radius 1 is 1.44 bits per heavy atom. The van der Waals surface area contributed by atoms with Gasteiger partial charge in [0.05, 0.1) is 6.10 Å². The molecule has 0 fully saturated rings. The molecule has 4 heteroatoms. The first-order valence-electron chi connectivity index (χ1n) is 6.16. The van der Waals surface area contributed by atoms with Crippen molar-refractivity contribution in [2.45, 2.75) is 32.3 Å². The molecular weight excluding hydrogens is 233 g/mol. The van der Waals surface area contributed by atoms with E-state index in [2.05, 4.69) is 0 Å². The third kappa shape index (κ3) is 4.84. The zero-order chi connectivity index (χ0) is 13.5. The van der Waals surface area contributed by atoms with E-state index in [4.69, 9.17) is 5.11 Å². The third-order valence-corrected chi connectivity index (χ3v) is 2.87. The summed E-state index contributed by atoms with van der Waals surface area (Å²) in [5.41, 5.74) is 0.565. The minimum atomic E-state index is -0.410. The Morgan fingerprint density at radius 2 is 2.11 bits per heavy atom. The average Bonchev–Trinajstić information content (AvgIpc) is 2.34. The van der Waals surface area contributed by atoms with Crippen LogP contribution in [0.4, 0.5) is 4.39 Å². The van der Waals surface area contributed by atoms with E-state index in [0.29, 0.717) is 24.9 Å². The molecule has 18 heavy (non-hydrogen) atoms. The van der Waals surface area contributed by atoms with Gasteiger partial charge in [-0.1, -0.05) is 18.2 Å². The number of halogens is 1. The quantitative estimate of drug-likeness (QED) is 0.842. The fraction of sp³-hybridized carbons (Fsp3) is 0.500. The lowest BCUT2D eigenvalue weighted by molar-refractivity contribution is -0.130. The number of aryl methyl sites for hydroxylation is 1. The summed E-state index contributed by atoms with van der Waals surface area (Å²) in [5, 5.41) is 9.14. The van der Waals surface area contributed by atoms with Crippen LogP contribution in [0.3, 0.4) is 0 Å². The van der Waals surface area contributed by atoms with Gasteiger partial charge < -0.3 is 10.0 Å². The molecule has 0 bridgehead atoms. The zero-order valence-corrected chi connectivity index (χ0v) is 10.9. The number of carbonyl (C=O) groups is 1. The van der Waals surface area contributed by atoms with Crippen molar-refractivity contribution in [3.63, 3.8) is 0 Å². The average molecular weight is 253 g/mol. The second-order valence-electron chi connectivity index (χ2n) is 4.54. The third-order valence-electron chi connectivity index (χ3n) is 2.87. The van der Waals surface area contributed by atoms with E-state index < -0.39 is 6.10 Å². The molecule has 0 saturated carbocycles. The molecule has 0 aliphatic rings. The Kier molecular flexibility index (Phi) is 5.78. The van der Waals surface area contributed by atoms with Crippen molar-refractivity contribution >= 4 is 5.91 Å². The molecule has 1 aromatic carbocycles. The highest BCUT2D eigenvalue weighted by atomic mass is 19.1. The minimum absolute atomic E-state index is 0.0288. The molecule has 0 spiro atoms. The maximum absolute atomic E-state index is 13.3. The van der Waals surface area contributed by atoms with E-state index in [1.165, 1.54) is 6.07 Å². The molecule has 1 amide bonds. The molecule has 100 valence electrons. The fourth-order valence-corrected chi connectivity index (χ4v) is 1.64. The number of rotatable bonds is 6. The maximum Gasteiger partial charge on any atom is 0.222 e. The highest BCUT2D eigenvalue weighted by Crippen LogP contribution is 2.09. The Balaban J connectivity index is 2.39. The first-order chi connectivity index (χ1) is 8.50. The van der Waals surface area contributed by atoms with Crippen molar-refractivity contribution < 1.29 is 14.3 Å². The zero-order valence-electron chi connectivity index (χ0n) is 10.9. The largest absolute Gasteiger partial charge is 0.393 e. The van der Waals surface area contributed by atoms with Gasteiger partial charge in [-0.05, 0) is 31.4 Å². The van der Waals surface area contributed by atoms with E-state index in [1.807, 2.05) is 0 Å². The van der Waals surface area contributed by atoms with Crippen molar-refractivity contribution in [1.29, 1.82) is 0 Å². The highest BCUT2D eigenvalue weighted by molar-refractivity contribution is 5.76. The molecule has 1 N–H and O–H groups in total. The fourth-order valence-electron chi connectivity index (χ4n) is 1.64. The molecule has 0 heterocycles. The van der Waals surface area contributed by atoms with Crippen LogP contribution in [0.5, 0.6) is 0 Å². The van der Waals surface area contributed by atoms with Gasteiger partial charge in [-0.3, -0.25) is 4.79 Å². The summed E-state index contributed by atoms with van der Waals surface area (Å²) in [6.07, 6.45) is 0.843. The first kappa shape index (κ1) is 14.6. The van der Waals surface area contributed by atoms with Crippen LogP contribution in [0.2, 0.25) is 0 Å². The number of hydrogen-bond acceptors (Lipinski definition) is 2. The van der Waals surface area contributed by atoms with E-state index >= 15 is 0 Å². The van der Waals surface area contributed by atoms with Crippen LogP contribution in [-0.4, -0.2) is 35.6 Å². The summed E-state index contributed by atoms with van der Waals surface area (Å²) in [6.45, 7) is 2.21. The van der Waals surface area contributed by atoms with E-state index in [1.54, 1.807) is 37.1 Å². The Morgan fingerprint density at radius 3 is 2.72 bits per heavy atom. The number of carbonyl (C=O) groups excluding carboxylic acids is 1. The topological polar surface area (TPSA) is 40.5 Å². The van der Waals surface area contributed by atoms with Crippen molar-refractivity contribution in [2.24, 2.45) is 0 Å². The standard InChI is InChI=1S/C14H20FNO2/c1-11(17)9-10-16(2)14(18)8-7-12-5-3-4-6-13(12)15/h3-6,11,17H,7-10H2,1-2H3. The Bertz CT molecular complexity index is 393. The molecule has 3 nitrogen and oxygen atoms in total. The van der Waals surface area contributed by atoms with Crippen molar-refractivity contribution in [1.82, 2.24) is 4.90 Å². The van der Waals surface area contributed by atoms with Gasteiger partial charge in [0.2, 0.25) is 5.91 Å². The lowest BCUT2D eigenvalue weighted by Crippen LogP contribution is -2.29. The summed E-state index contributed by atoms with van der Waals surface area (Å²) in [5.74, 6) is -0.296. The number of benzene rings is 1. The number of amides is 1. The molecule has 1 atom stereocenters. The smallest absolute Gasteiger partial charge is 0.222 e. The monoisotopic (exact) mass is 253 g/mol. The molecule has 0 aliphatic carbocycles. The van der Waals surface area contributed by atoms with Crippen LogP contribution in [0, 0.1) is 5.82 Å². The lowest BCUT2D eigenvalue weighted by Gasteiger charge is -2.18. The van der Waals surface area contributed by atoms with Gasteiger partial charge in [-0.25, -0.2) is 4.39 Å². The molecule has 0 radical (unpaired) electrons. The molecule has 1 aromatic rings. The van der Waals surface area contributed by atoms with Gasteiger partial charge in [0, 0.05) is 20.0 Å². The highest BCUT2D eigenvalue weighted by Gasteiger charge is 2.10. The van der Waals surface area contributed by atoms with Gasteiger partial charge in [0.1, 0.15) is 5.82 Å². The lowest BCUT2D eigenvalue weighted by atomic mass is 10.1. The van der Waals surface area contributed by atoms with Crippen LogP contribution in [-0.2, 0) is 11.2 Å². The maximum atomic E-state index is 13.3. The predicted octanol–water partition coefficient (Wildman–Crippen LogP) is 1.99. The minimum Gasteiger partial charge on any atom is -0.393 e. The first-order valence-corrected chi connectivity index (χ1v) is 6.16. The number of hydrogen-bond donors (Lipinski definition) is 1. The normalized spacial score (nSPS) is 12.2. The molecule has 1 rings (SSSR count). The van der Waals surface area contributed by atoms with Gasteiger partial charge in [0.25, 0.3) is 0 Å². The molecular formula is C14H20FNO2. The van der Waals surface area contributed by atoms with Crippen molar-refractivity contribution in [3.05, 3.63) is 35.6 Å². The Hall–Kier alpha value is -1.42. The summed E-state index contributed by atoms with van der Waals surface area (Å²) in [7, 11) is 1.70.